The molecule has 0 saturated carbocycles. The van der Waals surface area contributed by atoms with E-state index in [2.05, 4.69) is 13.8 Å². The van der Waals surface area contributed by atoms with Gasteiger partial charge in [0.1, 0.15) is 0 Å². The zero-order valence-corrected chi connectivity index (χ0v) is 30.5. The normalized spacial score (nSPS) is 10.2. The quantitative estimate of drug-likeness (QED) is 0.0388. The third-order valence-electron chi connectivity index (χ3n) is 7.69. The molecule has 0 amide bonds. The predicted molar refractivity (Wildman–Crippen MR) is 193 cm³/mol. The van der Waals surface area contributed by atoms with Gasteiger partial charge in [-0.2, -0.15) is 0 Å². The van der Waals surface area contributed by atoms with Gasteiger partial charge in [-0.25, -0.2) is 0 Å². The molecule has 0 spiro atoms. The van der Waals surface area contributed by atoms with Gasteiger partial charge in [0, 0.05) is 12.8 Å². The Morgan fingerprint density at radius 1 is 0.304 bits per heavy atom. The number of carbonyl (C=O) groups is 2. The van der Waals surface area contributed by atoms with Gasteiger partial charge in [-0.3, -0.25) is 9.59 Å². The van der Waals surface area contributed by atoms with Crippen LogP contribution in [0.2, 0.25) is 0 Å². The SMILES string of the molecule is CCCCCCCCCCCCCCCC(=O)O.CCCCCCCCCCCCCCCCCC(=O)O.OCCO.OCCO. The first-order valence-corrected chi connectivity index (χ1v) is 19.2. The van der Waals surface area contributed by atoms with Gasteiger partial charge in [-0.15, -0.1) is 0 Å². The largest absolute Gasteiger partial charge is 0.481 e. The number of hydrogen-bond acceptors (Lipinski definition) is 6. The lowest BCUT2D eigenvalue weighted by molar-refractivity contribution is -0.138. The first-order chi connectivity index (χ1) is 22.4. The summed E-state index contributed by atoms with van der Waals surface area (Å²) in [5.74, 6) is -1.31. The summed E-state index contributed by atoms with van der Waals surface area (Å²) < 4.78 is 0. The molecule has 0 saturated heterocycles. The van der Waals surface area contributed by atoms with Gasteiger partial charge in [-0.05, 0) is 12.8 Å². The minimum atomic E-state index is -0.655. The molecule has 46 heavy (non-hydrogen) atoms. The van der Waals surface area contributed by atoms with Crippen LogP contribution < -0.4 is 0 Å². The van der Waals surface area contributed by atoms with Crippen LogP contribution in [0.5, 0.6) is 0 Å². The number of aliphatic carboxylic acids is 2. The van der Waals surface area contributed by atoms with Crippen LogP contribution in [0.3, 0.4) is 0 Å². The van der Waals surface area contributed by atoms with Crippen molar-refractivity contribution in [2.75, 3.05) is 26.4 Å². The molecular weight excluding hydrogens is 584 g/mol. The standard InChI is InChI=1S/C18H36O2.C16H32O2.2C2H6O2/c1-2-3-4-5-6-7-8-9-10-11-12-13-14-15-16-17-18(19)20;1-2-3-4-5-6-7-8-9-10-11-12-13-14-15-16(17)18;2*3-1-2-4/h2-17H2,1H3,(H,19,20);2-15H2,1H3,(H,17,18);2*3-4H,1-2H2. The van der Waals surface area contributed by atoms with Crippen molar-refractivity contribution in [3.8, 4) is 0 Å². The van der Waals surface area contributed by atoms with Gasteiger partial charge in [0.2, 0.25) is 0 Å². The van der Waals surface area contributed by atoms with E-state index in [0.29, 0.717) is 12.8 Å². The average molecular weight is 665 g/mol. The lowest BCUT2D eigenvalue weighted by Crippen LogP contribution is -1.93. The number of carboxylic acid groups (broad SMARTS) is 2. The Bertz CT molecular complexity index is 523. The molecule has 0 aliphatic rings. The fraction of sp³-hybridized carbons (Fsp3) is 0.947. The molecule has 0 radical (unpaired) electrons. The highest BCUT2D eigenvalue weighted by Crippen LogP contribution is 2.14. The van der Waals surface area contributed by atoms with Crippen molar-refractivity contribution < 1.29 is 40.2 Å². The topological polar surface area (TPSA) is 156 Å². The lowest BCUT2D eigenvalue weighted by Gasteiger charge is -2.03. The summed E-state index contributed by atoms with van der Waals surface area (Å²) in [4.78, 5) is 20.6. The van der Waals surface area contributed by atoms with E-state index < -0.39 is 11.9 Å². The van der Waals surface area contributed by atoms with Crippen molar-refractivity contribution >= 4 is 11.9 Å². The zero-order valence-electron chi connectivity index (χ0n) is 30.5. The van der Waals surface area contributed by atoms with Crippen molar-refractivity contribution in [3.05, 3.63) is 0 Å². The number of hydrogen-bond donors (Lipinski definition) is 6. The van der Waals surface area contributed by atoms with Crippen LogP contribution in [0.4, 0.5) is 0 Å². The van der Waals surface area contributed by atoms with E-state index in [1.54, 1.807) is 0 Å². The fourth-order valence-electron chi connectivity index (χ4n) is 4.94. The van der Waals surface area contributed by atoms with Crippen molar-refractivity contribution in [1.82, 2.24) is 0 Å². The van der Waals surface area contributed by atoms with Crippen molar-refractivity contribution in [2.24, 2.45) is 0 Å². The zero-order chi connectivity index (χ0) is 35.2. The Labute approximate surface area is 284 Å². The second kappa shape index (κ2) is 53.3. The Balaban J connectivity index is -0.000000311. The number of unbranched alkanes of at least 4 members (excludes halogenated alkanes) is 26. The van der Waals surface area contributed by atoms with Gasteiger partial charge in [0.25, 0.3) is 0 Å². The van der Waals surface area contributed by atoms with E-state index >= 15 is 0 Å². The molecule has 0 aliphatic heterocycles. The van der Waals surface area contributed by atoms with Crippen LogP contribution in [0.1, 0.15) is 206 Å². The molecule has 0 aromatic heterocycles. The third kappa shape index (κ3) is 69.5. The van der Waals surface area contributed by atoms with Crippen LogP contribution in [0.15, 0.2) is 0 Å². The smallest absolute Gasteiger partial charge is 0.303 e. The molecule has 0 aromatic carbocycles. The van der Waals surface area contributed by atoms with Gasteiger partial charge < -0.3 is 30.6 Å². The van der Waals surface area contributed by atoms with E-state index in [0.717, 1.165) is 25.7 Å². The highest BCUT2D eigenvalue weighted by atomic mass is 16.4. The molecule has 0 heterocycles. The summed E-state index contributed by atoms with van der Waals surface area (Å²) in [7, 11) is 0. The summed E-state index contributed by atoms with van der Waals surface area (Å²) >= 11 is 0. The van der Waals surface area contributed by atoms with Gasteiger partial charge in [-0.1, -0.05) is 181 Å². The minimum Gasteiger partial charge on any atom is -0.481 e. The second-order valence-electron chi connectivity index (χ2n) is 12.4. The van der Waals surface area contributed by atoms with Crippen LogP contribution >= 0.6 is 0 Å². The van der Waals surface area contributed by atoms with Crippen LogP contribution in [0, 0.1) is 0 Å². The molecule has 0 atom stereocenters. The number of aliphatic hydroxyl groups is 4. The first-order valence-electron chi connectivity index (χ1n) is 19.2. The number of rotatable bonds is 32. The van der Waals surface area contributed by atoms with E-state index in [9.17, 15) is 9.59 Å². The molecule has 0 rings (SSSR count). The maximum atomic E-state index is 10.3. The van der Waals surface area contributed by atoms with E-state index in [4.69, 9.17) is 30.6 Å². The maximum absolute atomic E-state index is 10.3. The highest BCUT2D eigenvalue weighted by Gasteiger charge is 1.98. The number of aliphatic hydroxyl groups excluding tert-OH is 4. The molecule has 8 nitrogen and oxygen atoms in total. The predicted octanol–water partition coefficient (Wildman–Crippen LogP) is 9.83. The molecule has 0 aromatic rings. The summed E-state index contributed by atoms with van der Waals surface area (Å²) in [6, 6.07) is 0. The minimum absolute atomic E-state index is 0.125. The number of carboxylic acids is 2. The Morgan fingerprint density at radius 2 is 0.457 bits per heavy atom. The van der Waals surface area contributed by atoms with Crippen LogP contribution in [-0.2, 0) is 9.59 Å². The molecule has 0 aliphatic carbocycles. The van der Waals surface area contributed by atoms with Gasteiger partial charge in [0.15, 0.2) is 0 Å². The third-order valence-corrected chi connectivity index (χ3v) is 7.69. The van der Waals surface area contributed by atoms with E-state index in [1.807, 2.05) is 0 Å². The highest BCUT2D eigenvalue weighted by molar-refractivity contribution is 5.66. The van der Waals surface area contributed by atoms with Crippen molar-refractivity contribution in [3.63, 3.8) is 0 Å². The molecular formula is C38H80O8. The van der Waals surface area contributed by atoms with Crippen LogP contribution in [0.25, 0.3) is 0 Å². The Hall–Kier alpha value is -1.22. The molecule has 280 valence electrons. The summed E-state index contributed by atoms with van der Waals surface area (Å²) in [5, 5.41) is 47.5. The van der Waals surface area contributed by atoms with E-state index in [1.165, 1.54) is 154 Å². The monoisotopic (exact) mass is 665 g/mol. The lowest BCUT2D eigenvalue weighted by atomic mass is 10.0. The Kier molecular flexibility index (Phi) is 59.8. The average Bonchev–Trinajstić information content (AvgIpc) is 3.05. The van der Waals surface area contributed by atoms with Crippen LogP contribution in [-0.4, -0.2) is 69.0 Å². The van der Waals surface area contributed by atoms with Crippen molar-refractivity contribution in [2.45, 2.75) is 206 Å². The van der Waals surface area contributed by atoms with Crippen molar-refractivity contribution in [1.29, 1.82) is 0 Å². The fourth-order valence-corrected chi connectivity index (χ4v) is 4.94. The van der Waals surface area contributed by atoms with Gasteiger partial charge in [0.05, 0.1) is 26.4 Å². The second-order valence-corrected chi connectivity index (χ2v) is 12.4. The summed E-state index contributed by atoms with van der Waals surface area (Å²) in [6.45, 7) is 4.03. The molecule has 6 N–H and O–H groups in total. The van der Waals surface area contributed by atoms with E-state index in [-0.39, 0.29) is 26.4 Å². The molecule has 0 fully saturated rings. The Morgan fingerprint density at radius 3 is 0.587 bits per heavy atom. The summed E-state index contributed by atoms with van der Waals surface area (Å²) in [6.07, 6.45) is 37.5. The molecule has 0 bridgehead atoms. The summed E-state index contributed by atoms with van der Waals surface area (Å²) in [5.41, 5.74) is 0. The molecule has 0 unspecified atom stereocenters. The maximum Gasteiger partial charge on any atom is 0.303 e. The van der Waals surface area contributed by atoms with Gasteiger partial charge >= 0.3 is 11.9 Å². The first kappa shape index (κ1) is 51.6. The molecule has 8 heteroatoms.